The van der Waals surface area contributed by atoms with Crippen LogP contribution in [0.4, 0.5) is 0 Å². The molecule has 0 radical (unpaired) electrons. The highest BCUT2D eigenvalue weighted by Gasteiger charge is 2.43. The molecule has 1 saturated heterocycles. The lowest BCUT2D eigenvalue weighted by molar-refractivity contribution is -0.119. The molecule has 6 rings (SSSR count). The number of carbonyl (C=O) groups excluding carboxylic acids is 1. The van der Waals surface area contributed by atoms with Crippen LogP contribution < -0.4 is 5.32 Å². The molecule has 4 aromatic rings. The molecule has 39 heavy (non-hydrogen) atoms. The van der Waals surface area contributed by atoms with Gasteiger partial charge in [-0.2, -0.15) is 0 Å². The van der Waals surface area contributed by atoms with Crippen LogP contribution in [0.15, 0.2) is 83.9 Å². The first kappa shape index (κ1) is 25.9. The first-order valence-electron chi connectivity index (χ1n) is 13.9. The van der Waals surface area contributed by atoms with E-state index in [1.165, 1.54) is 21.9 Å². The summed E-state index contributed by atoms with van der Waals surface area (Å²) in [7, 11) is -3.52. The van der Waals surface area contributed by atoms with Crippen molar-refractivity contribution in [2.45, 2.75) is 55.1 Å². The van der Waals surface area contributed by atoms with Crippen LogP contribution in [0.2, 0.25) is 0 Å². The molecule has 0 bridgehead atoms. The predicted molar refractivity (Wildman–Crippen MR) is 155 cm³/mol. The number of piperidine rings is 1. The van der Waals surface area contributed by atoms with Crippen LogP contribution in [-0.4, -0.2) is 32.3 Å². The van der Waals surface area contributed by atoms with Gasteiger partial charge < -0.3 is 5.32 Å². The van der Waals surface area contributed by atoms with Gasteiger partial charge in [0.05, 0.1) is 16.3 Å². The first-order valence-corrected chi connectivity index (χ1v) is 15.5. The third-order valence-corrected chi connectivity index (χ3v) is 10.1. The smallest absolute Gasteiger partial charge is 0.184 e. The minimum absolute atomic E-state index is 0.00181. The fourth-order valence-electron chi connectivity index (χ4n) is 6.02. The zero-order valence-corrected chi connectivity index (χ0v) is 23.1. The molecule has 5 nitrogen and oxygen atoms in total. The number of aromatic nitrogens is 1. The Kier molecular flexibility index (Phi) is 7.08. The van der Waals surface area contributed by atoms with Gasteiger partial charge in [-0.05, 0) is 108 Å². The first-order chi connectivity index (χ1) is 18.9. The molecule has 1 aromatic heterocycles. The summed E-state index contributed by atoms with van der Waals surface area (Å²) in [5.41, 5.74) is 5.06. The minimum Gasteiger partial charge on any atom is -0.317 e. The fraction of sp³-hybridized carbons (Fsp3) is 0.333. The van der Waals surface area contributed by atoms with Crippen molar-refractivity contribution in [3.63, 3.8) is 0 Å². The molecular weight excluding hydrogens is 504 g/mol. The van der Waals surface area contributed by atoms with Gasteiger partial charge in [0.1, 0.15) is 5.78 Å². The topological polar surface area (TPSA) is 76.1 Å². The number of Topliss-reactive ketones (excluding diaryl/α,β-unsaturated/α-hetero) is 1. The summed E-state index contributed by atoms with van der Waals surface area (Å²) >= 11 is 0. The number of nitrogens with zero attached hydrogens (tertiary/aromatic N) is 1. The zero-order valence-electron chi connectivity index (χ0n) is 22.3. The third kappa shape index (κ3) is 5.68. The summed E-state index contributed by atoms with van der Waals surface area (Å²) in [6.07, 6.45) is 5.11. The van der Waals surface area contributed by atoms with Gasteiger partial charge in [0.25, 0.3) is 0 Å². The van der Waals surface area contributed by atoms with E-state index in [1.807, 2.05) is 30.3 Å². The van der Waals surface area contributed by atoms with Gasteiger partial charge in [-0.25, -0.2) is 8.42 Å². The summed E-state index contributed by atoms with van der Waals surface area (Å²) in [5.74, 6) is 0.765. The third-order valence-electron chi connectivity index (χ3n) is 8.40. The molecular formula is C33H34N2O3S. The summed E-state index contributed by atoms with van der Waals surface area (Å²) < 4.78 is 26.3. The highest BCUT2D eigenvalue weighted by atomic mass is 32.2. The van der Waals surface area contributed by atoms with E-state index in [-0.39, 0.29) is 23.4 Å². The lowest BCUT2D eigenvalue weighted by atomic mass is 9.90. The molecule has 1 saturated carbocycles. The van der Waals surface area contributed by atoms with Crippen LogP contribution in [0.1, 0.15) is 59.0 Å². The SMILES string of the molecule is Cc1cccc2ccc(CC(=O)[C@@H]3CC3c3ccc(S(=O)(=O)Cc4cc(C5CCNCC5)ccn4)cc3)cc12. The number of benzene rings is 3. The monoisotopic (exact) mass is 538 g/mol. The summed E-state index contributed by atoms with van der Waals surface area (Å²) in [5, 5.41) is 5.76. The van der Waals surface area contributed by atoms with E-state index in [0.29, 0.717) is 22.9 Å². The number of carbonyl (C=O) groups is 1. The number of sulfone groups is 1. The van der Waals surface area contributed by atoms with Crippen molar-refractivity contribution in [2.75, 3.05) is 13.1 Å². The van der Waals surface area contributed by atoms with Crippen molar-refractivity contribution in [1.82, 2.24) is 10.3 Å². The Morgan fingerprint density at radius 2 is 1.74 bits per heavy atom. The number of ketones is 1. The Morgan fingerprint density at radius 1 is 0.949 bits per heavy atom. The molecule has 2 aliphatic rings. The van der Waals surface area contributed by atoms with Crippen LogP contribution in [0.5, 0.6) is 0 Å². The number of aryl methyl sites for hydroxylation is 1. The van der Waals surface area contributed by atoms with Crippen LogP contribution >= 0.6 is 0 Å². The molecule has 2 fully saturated rings. The molecule has 1 aliphatic carbocycles. The van der Waals surface area contributed by atoms with Gasteiger partial charge in [0.15, 0.2) is 9.84 Å². The number of nitrogens with one attached hydrogen (secondary N) is 1. The van der Waals surface area contributed by atoms with Gasteiger partial charge in [-0.1, -0.05) is 48.5 Å². The van der Waals surface area contributed by atoms with Crippen molar-refractivity contribution in [2.24, 2.45) is 5.92 Å². The van der Waals surface area contributed by atoms with Crippen molar-refractivity contribution in [3.8, 4) is 0 Å². The van der Waals surface area contributed by atoms with Crippen LogP contribution in [0.25, 0.3) is 10.8 Å². The highest BCUT2D eigenvalue weighted by Crippen LogP contribution is 2.48. The zero-order chi connectivity index (χ0) is 27.0. The molecule has 2 atom stereocenters. The van der Waals surface area contributed by atoms with Gasteiger partial charge >= 0.3 is 0 Å². The lowest BCUT2D eigenvalue weighted by Crippen LogP contribution is -2.26. The Morgan fingerprint density at radius 3 is 2.54 bits per heavy atom. The molecule has 0 spiro atoms. The van der Waals surface area contributed by atoms with Crippen molar-refractivity contribution < 1.29 is 13.2 Å². The number of rotatable bonds is 8. The predicted octanol–water partition coefficient (Wildman–Crippen LogP) is 5.90. The Balaban J connectivity index is 1.09. The number of pyridine rings is 1. The van der Waals surface area contributed by atoms with Crippen LogP contribution in [0.3, 0.4) is 0 Å². The van der Waals surface area contributed by atoms with E-state index in [2.05, 4.69) is 47.6 Å². The second kappa shape index (κ2) is 10.7. The Hall–Kier alpha value is -3.35. The maximum absolute atomic E-state index is 13.2. The van der Waals surface area contributed by atoms with Gasteiger partial charge in [0, 0.05) is 18.5 Å². The summed E-state index contributed by atoms with van der Waals surface area (Å²) in [6, 6.07) is 23.6. The average molecular weight is 539 g/mol. The van der Waals surface area contributed by atoms with Gasteiger partial charge in [-0.3, -0.25) is 9.78 Å². The van der Waals surface area contributed by atoms with Crippen molar-refractivity contribution in [3.05, 3.63) is 107 Å². The van der Waals surface area contributed by atoms with E-state index in [4.69, 9.17) is 0 Å². The number of fused-ring (bicyclic) bond motifs is 1. The molecule has 3 aromatic carbocycles. The second-order valence-corrected chi connectivity index (χ2v) is 13.1. The van der Waals surface area contributed by atoms with Gasteiger partial charge in [0.2, 0.25) is 0 Å². The quantitative estimate of drug-likeness (QED) is 0.302. The normalized spacial score (nSPS) is 19.7. The maximum atomic E-state index is 13.2. The molecule has 0 amide bonds. The second-order valence-electron chi connectivity index (χ2n) is 11.2. The van der Waals surface area contributed by atoms with Gasteiger partial charge in [-0.15, -0.1) is 0 Å². The van der Waals surface area contributed by atoms with E-state index in [1.54, 1.807) is 18.3 Å². The van der Waals surface area contributed by atoms with Crippen LogP contribution in [0, 0.1) is 12.8 Å². The van der Waals surface area contributed by atoms with Crippen molar-refractivity contribution in [1.29, 1.82) is 0 Å². The number of hydrogen-bond donors (Lipinski definition) is 1. The Labute approximate surface area is 230 Å². The maximum Gasteiger partial charge on any atom is 0.184 e. The number of hydrogen-bond acceptors (Lipinski definition) is 5. The van der Waals surface area contributed by atoms with Crippen molar-refractivity contribution >= 4 is 26.4 Å². The van der Waals surface area contributed by atoms with E-state index in [0.717, 1.165) is 43.5 Å². The molecule has 200 valence electrons. The largest absolute Gasteiger partial charge is 0.317 e. The molecule has 1 N–H and O–H groups in total. The standard InChI is InChI=1S/C33H34N2O3S/c1-22-3-2-4-25-6-5-23(17-30(22)25)18-33(36)32-20-31(32)26-7-9-29(10-8-26)39(37,38)21-28-19-27(13-16-35-28)24-11-14-34-15-12-24/h2-10,13,16-17,19,24,31-32,34H,11-12,14-15,18,20-21H2,1H3/t31?,32-/m1/s1. The molecule has 2 heterocycles. The van der Waals surface area contributed by atoms with E-state index >= 15 is 0 Å². The lowest BCUT2D eigenvalue weighted by Gasteiger charge is -2.23. The van der Waals surface area contributed by atoms with E-state index < -0.39 is 9.84 Å². The van der Waals surface area contributed by atoms with Crippen LogP contribution in [-0.2, 0) is 26.8 Å². The fourth-order valence-corrected chi connectivity index (χ4v) is 7.29. The van der Waals surface area contributed by atoms with E-state index in [9.17, 15) is 13.2 Å². The molecule has 6 heteroatoms. The Bertz CT molecular complexity index is 1620. The highest BCUT2D eigenvalue weighted by molar-refractivity contribution is 7.90. The minimum atomic E-state index is -3.52. The molecule has 1 unspecified atom stereocenters. The summed E-state index contributed by atoms with van der Waals surface area (Å²) in [6.45, 7) is 4.07. The average Bonchev–Trinajstić information content (AvgIpc) is 3.76. The summed E-state index contributed by atoms with van der Waals surface area (Å²) in [4.78, 5) is 17.7. The molecule has 1 aliphatic heterocycles.